The van der Waals surface area contributed by atoms with E-state index in [1.54, 1.807) is 0 Å². The third-order valence-corrected chi connectivity index (χ3v) is 9.31. The third kappa shape index (κ3) is 5.37. The van der Waals surface area contributed by atoms with Gasteiger partial charge in [0.25, 0.3) is 0 Å². The molecular formula is C2H4HgSi2. The van der Waals surface area contributed by atoms with E-state index in [4.69, 9.17) is 0 Å². The van der Waals surface area contributed by atoms with E-state index in [-0.39, 0.29) is 24.6 Å². The first kappa shape index (κ1) is 6.37. The molecule has 22 valence electrons. The molecule has 0 aromatic carbocycles. The quantitative estimate of drug-likeness (QED) is 0.634. The molecule has 5 heavy (non-hydrogen) atoms. The molecule has 0 rings (SSSR count). The molecule has 0 aliphatic heterocycles. The van der Waals surface area contributed by atoms with Crippen molar-refractivity contribution < 1.29 is 24.6 Å². The summed E-state index contributed by atoms with van der Waals surface area (Å²) in [5, 5.41) is 0. The van der Waals surface area contributed by atoms with Gasteiger partial charge in [0.05, 0.1) is 0 Å². The van der Waals surface area contributed by atoms with Crippen LogP contribution in [0.2, 0.25) is 7.11 Å². The minimum absolute atomic E-state index is 0.315. The summed E-state index contributed by atoms with van der Waals surface area (Å²) in [6.45, 7) is 0. The molecule has 0 unspecified atom stereocenters. The van der Waals surface area contributed by atoms with E-state index in [2.05, 4.69) is 20.5 Å². The van der Waals surface area contributed by atoms with Crippen molar-refractivity contribution in [2.24, 2.45) is 0 Å². The third-order valence-electron chi connectivity index (χ3n) is 0.354. The van der Waals surface area contributed by atoms with Gasteiger partial charge in [-0.05, 0) is 0 Å². The molecule has 3 heteroatoms. The van der Waals surface area contributed by atoms with Gasteiger partial charge in [-0.15, -0.1) is 0 Å². The Morgan fingerprint density at radius 2 is 1.60 bits per heavy atom. The predicted molar refractivity (Wildman–Crippen MR) is 21.1 cm³/mol. The Labute approximate surface area is 52.0 Å². The summed E-state index contributed by atoms with van der Waals surface area (Å²) in [6.07, 6.45) is 0. The van der Waals surface area contributed by atoms with Crippen molar-refractivity contribution in [1.82, 2.24) is 0 Å². The van der Waals surface area contributed by atoms with Crippen molar-refractivity contribution in [1.29, 1.82) is 0 Å². The summed E-state index contributed by atoms with van der Waals surface area (Å²) in [7, 11) is 6.84. The Bertz CT molecular complexity index is 15.1. The van der Waals surface area contributed by atoms with E-state index in [9.17, 15) is 0 Å². The van der Waals surface area contributed by atoms with Crippen LogP contribution in [0.25, 0.3) is 0 Å². The van der Waals surface area contributed by atoms with Crippen molar-refractivity contribution in [3.05, 3.63) is 0 Å². The summed E-state index contributed by atoms with van der Waals surface area (Å²) >= 11 is -0.315. The van der Waals surface area contributed by atoms with Crippen LogP contribution in [0.5, 0.6) is 0 Å². The molecule has 0 aliphatic carbocycles. The fourth-order valence-corrected chi connectivity index (χ4v) is 6.98. The molecule has 0 fully saturated rings. The average molecular weight is 285 g/mol. The van der Waals surface area contributed by atoms with E-state index in [1.165, 1.54) is 7.11 Å². The van der Waals surface area contributed by atoms with Crippen LogP contribution < -0.4 is 0 Å². The Morgan fingerprint density at radius 1 is 1.20 bits per heavy atom. The molecular weight excluding hydrogens is 281 g/mol. The summed E-state index contributed by atoms with van der Waals surface area (Å²) in [6, 6.07) is 0. The van der Waals surface area contributed by atoms with Crippen LogP contribution in [0.15, 0.2) is 0 Å². The maximum atomic E-state index is 3.42. The Hall–Kier alpha value is 1.37. The summed E-state index contributed by atoms with van der Waals surface area (Å²) in [5.74, 6) is 0. The Kier molecular flexibility index (Phi) is 6.84. The zero-order chi connectivity index (χ0) is 4.12. The van der Waals surface area contributed by atoms with Crippen molar-refractivity contribution >= 4 is 20.5 Å². The van der Waals surface area contributed by atoms with Crippen LogP contribution in [0.3, 0.4) is 0 Å². The van der Waals surface area contributed by atoms with Crippen molar-refractivity contribution in [3.8, 4) is 0 Å². The van der Waals surface area contributed by atoms with Gasteiger partial charge in [0.1, 0.15) is 0 Å². The maximum absolute atomic E-state index is 3.42. The molecule has 0 heterocycles. The number of hydrogen-bond donors (Lipinski definition) is 0. The molecule has 0 aromatic heterocycles. The number of rotatable bonds is 2. The topological polar surface area (TPSA) is 0 Å². The van der Waals surface area contributed by atoms with Gasteiger partial charge in [0, 0.05) is 0 Å². The average Bonchev–Trinajstić information content (AvgIpc) is 1.41. The van der Waals surface area contributed by atoms with Crippen molar-refractivity contribution in [2.75, 3.05) is 0 Å². The predicted octanol–water partition coefficient (Wildman–Crippen LogP) is 0.157. The zero-order valence-electron chi connectivity index (χ0n) is 3.12. The fraction of sp³-hybridized carbons (Fsp3) is 1.00. The summed E-state index contributed by atoms with van der Waals surface area (Å²) in [4.78, 5) is 0. The Morgan fingerprint density at radius 3 is 1.60 bits per heavy atom. The second-order valence-electron chi connectivity index (χ2n) is 0.854. The van der Waals surface area contributed by atoms with Gasteiger partial charge in [-0.1, -0.05) is 0 Å². The molecule has 0 saturated heterocycles. The van der Waals surface area contributed by atoms with Crippen molar-refractivity contribution in [3.63, 3.8) is 0 Å². The second-order valence-corrected chi connectivity index (χ2v) is 16.3. The second kappa shape index (κ2) is 5.37. The fourth-order valence-electron chi connectivity index (χ4n) is 0.0884. The first-order chi connectivity index (χ1) is 2.41. The first-order valence-electron chi connectivity index (χ1n) is 1.71. The molecule has 0 aliphatic rings. The molecule has 0 aromatic rings. The van der Waals surface area contributed by atoms with Gasteiger partial charge in [0.15, 0.2) is 0 Å². The zero-order valence-corrected chi connectivity index (χ0v) is 10.6. The van der Waals surface area contributed by atoms with Gasteiger partial charge >= 0.3 is 52.2 Å². The van der Waals surface area contributed by atoms with Gasteiger partial charge in [0.2, 0.25) is 0 Å². The molecule has 0 atom stereocenters. The molecule has 6 radical (unpaired) electrons. The normalized spacial score (nSPS) is 6.80. The van der Waals surface area contributed by atoms with Crippen LogP contribution in [0, 0.1) is 0 Å². The van der Waals surface area contributed by atoms with Crippen molar-refractivity contribution in [2.45, 2.75) is 7.11 Å². The number of hydrogen-bond acceptors (Lipinski definition) is 0. The molecule has 0 saturated carbocycles. The first-order valence-corrected chi connectivity index (χ1v) is 10.9. The van der Waals surface area contributed by atoms with Gasteiger partial charge in [-0.3, -0.25) is 0 Å². The molecule has 0 nitrogen and oxygen atoms in total. The molecule has 0 amide bonds. The van der Waals surface area contributed by atoms with Gasteiger partial charge in [-0.25, -0.2) is 0 Å². The SMILES string of the molecule is [Si][CH2][Hg][CH2][Si]. The summed E-state index contributed by atoms with van der Waals surface area (Å²) in [5.41, 5.74) is 0. The van der Waals surface area contributed by atoms with Crippen LogP contribution in [-0.2, 0) is 24.6 Å². The van der Waals surface area contributed by atoms with E-state index in [1.807, 2.05) is 0 Å². The van der Waals surface area contributed by atoms with Crippen LogP contribution in [0.4, 0.5) is 0 Å². The molecule has 0 N–H and O–H groups in total. The van der Waals surface area contributed by atoms with Crippen LogP contribution in [-0.4, -0.2) is 20.5 Å². The standard InChI is InChI=1S/2CH2Si.Hg/c2*1-2;/h2*1H2;. The van der Waals surface area contributed by atoms with Crippen LogP contribution in [0.1, 0.15) is 0 Å². The van der Waals surface area contributed by atoms with Gasteiger partial charge in [-0.2, -0.15) is 0 Å². The Balaban J connectivity index is 2.19. The van der Waals surface area contributed by atoms with Gasteiger partial charge < -0.3 is 0 Å². The van der Waals surface area contributed by atoms with Crippen LogP contribution >= 0.6 is 0 Å². The van der Waals surface area contributed by atoms with E-state index >= 15 is 0 Å². The summed E-state index contributed by atoms with van der Waals surface area (Å²) < 4.78 is 2.65. The molecule has 0 bridgehead atoms. The van der Waals surface area contributed by atoms with E-state index in [0.29, 0.717) is 0 Å². The monoisotopic (exact) mass is 286 g/mol. The minimum atomic E-state index is -0.315. The van der Waals surface area contributed by atoms with E-state index in [0.717, 1.165) is 0 Å². The van der Waals surface area contributed by atoms with E-state index < -0.39 is 0 Å². The molecule has 0 spiro atoms.